The second-order valence-corrected chi connectivity index (χ2v) is 7.28. The van der Waals surface area contributed by atoms with Gasteiger partial charge in [-0.3, -0.25) is 10.1 Å². The zero-order valence-corrected chi connectivity index (χ0v) is 15.7. The molecule has 4 heteroatoms. The first-order valence-corrected chi connectivity index (χ1v) is 9.73. The van der Waals surface area contributed by atoms with E-state index in [1.165, 1.54) is 16.3 Å². The first-order valence-electron chi connectivity index (χ1n) is 9.73. The molecule has 0 heterocycles. The van der Waals surface area contributed by atoms with Crippen molar-refractivity contribution in [1.82, 2.24) is 5.32 Å². The van der Waals surface area contributed by atoms with Crippen LogP contribution in [0.3, 0.4) is 0 Å². The van der Waals surface area contributed by atoms with Gasteiger partial charge < -0.3 is 5.32 Å². The predicted octanol–water partition coefficient (Wildman–Crippen LogP) is 5.97. The Morgan fingerprint density at radius 2 is 2.00 bits per heavy atom. The number of unbranched alkanes of at least 4 members (excludes halogenated alkanes) is 1. The summed E-state index contributed by atoms with van der Waals surface area (Å²) in [7, 11) is 0. The molecule has 2 atom stereocenters. The normalized spacial score (nSPS) is 18.8. The maximum Gasteiger partial charge on any atom is 0.265 e. The Morgan fingerprint density at radius 1 is 1.23 bits per heavy atom. The molecule has 4 nitrogen and oxygen atoms in total. The molecule has 0 radical (unpaired) electrons. The van der Waals surface area contributed by atoms with Crippen LogP contribution in [-0.2, 0) is 0 Å². The summed E-state index contributed by atoms with van der Waals surface area (Å²) in [5.74, 6) is 0.279. The number of nitrogens with zero attached hydrogens (tertiary/aromatic N) is 1. The summed E-state index contributed by atoms with van der Waals surface area (Å²) in [5.41, 5.74) is 2.46. The summed E-state index contributed by atoms with van der Waals surface area (Å²) in [6, 6.07) is 14.7. The molecule has 0 amide bonds. The molecular weight excluding hydrogens is 324 g/mol. The van der Waals surface area contributed by atoms with Crippen LogP contribution in [0.25, 0.3) is 10.8 Å². The Bertz CT molecular complexity index is 807. The van der Waals surface area contributed by atoms with E-state index in [-0.39, 0.29) is 16.9 Å². The molecule has 0 unspecified atom stereocenters. The van der Waals surface area contributed by atoms with Gasteiger partial charge >= 0.3 is 0 Å². The van der Waals surface area contributed by atoms with E-state index in [1.54, 1.807) is 0 Å². The highest BCUT2D eigenvalue weighted by Gasteiger charge is 2.31. The second-order valence-electron chi connectivity index (χ2n) is 7.28. The van der Waals surface area contributed by atoms with Crippen molar-refractivity contribution in [3.05, 3.63) is 69.5 Å². The van der Waals surface area contributed by atoms with Crippen molar-refractivity contribution in [2.75, 3.05) is 0 Å². The van der Waals surface area contributed by atoms with Crippen LogP contribution in [0.15, 0.2) is 53.9 Å². The SMILES string of the molecule is CCCC[C@H]1CCCC([N+](=O)[O-])=C1N[C@@H](C)c1cccc2ccccc12. The number of nitro groups is 1. The van der Waals surface area contributed by atoms with Crippen molar-refractivity contribution in [3.63, 3.8) is 0 Å². The number of nitrogens with one attached hydrogen (secondary N) is 1. The van der Waals surface area contributed by atoms with Gasteiger partial charge in [0.1, 0.15) is 0 Å². The van der Waals surface area contributed by atoms with Crippen molar-refractivity contribution < 1.29 is 4.92 Å². The van der Waals surface area contributed by atoms with Crippen LogP contribution in [0.5, 0.6) is 0 Å². The van der Waals surface area contributed by atoms with E-state index in [2.05, 4.69) is 49.5 Å². The quantitative estimate of drug-likeness (QED) is 0.493. The monoisotopic (exact) mass is 352 g/mol. The van der Waals surface area contributed by atoms with Gasteiger partial charge in [0.25, 0.3) is 5.70 Å². The van der Waals surface area contributed by atoms with Crippen LogP contribution < -0.4 is 5.32 Å². The molecule has 1 aliphatic rings. The molecule has 0 spiro atoms. The zero-order chi connectivity index (χ0) is 18.5. The number of fused-ring (bicyclic) bond motifs is 1. The molecule has 0 aromatic heterocycles. The van der Waals surface area contributed by atoms with Crippen LogP contribution in [0.2, 0.25) is 0 Å². The van der Waals surface area contributed by atoms with Crippen LogP contribution in [0, 0.1) is 16.0 Å². The molecule has 0 saturated carbocycles. The Morgan fingerprint density at radius 3 is 2.77 bits per heavy atom. The number of rotatable bonds is 7. The van der Waals surface area contributed by atoms with E-state index in [9.17, 15) is 10.1 Å². The third-order valence-electron chi connectivity index (χ3n) is 5.47. The van der Waals surface area contributed by atoms with Gasteiger partial charge in [-0.25, -0.2) is 0 Å². The fourth-order valence-corrected chi connectivity index (χ4v) is 4.10. The Labute approximate surface area is 155 Å². The van der Waals surface area contributed by atoms with Crippen molar-refractivity contribution in [2.45, 2.75) is 58.4 Å². The van der Waals surface area contributed by atoms with Gasteiger partial charge in [-0.15, -0.1) is 0 Å². The lowest BCUT2D eigenvalue weighted by atomic mass is 9.85. The van der Waals surface area contributed by atoms with E-state index in [0.717, 1.165) is 37.8 Å². The average molecular weight is 352 g/mol. The first-order chi connectivity index (χ1) is 12.6. The molecule has 0 bridgehead atoms. The maximum atomic E-state index is 11.6. The van der Waals surface area contributed by atoms with Crippen molar-refractivity contribution >= 4 is 10.8 Å². The first kappa shape index (κ1) is 18.4. The summed E-state index contributed by atoms with van der Waals surface area (Å²) in [6.07, 6.45) is 5.79. The van der Waals surface area contributed by atoms with Crippen LogP contribution in [0.1, 0.15) is 64.0 Å². The fourth-order valence-electron chi connectivity index (χ4n) is 4.10. The second kappa shape index (κ2) is 8.35. The highest BCUT2D eigenvalue weighted by Crippen LogP contribution is 2.34. The van der Waals surface area contributed by atoms with E-state index >= 15 is 0 Å². The molecule has 0 saturated heterocycles. The third kappa shape index (κ3) is 3.90. The topological polar surface area (TPSA) is 55.2 Å². The summed E-state index contributed by atoms with van der Waals surface area (Å²) < 4.78 is 0. The number of hydrogen-bond donors (Lipinski definition) is 1. The lowest BCUT2D eigenvalue weighted by Gasteiger charge is -2.28. The summed E-state index contributed by atoms with van der Waals surface area (Å²) in [6.45, 7) is 4.28. The van der Waals surface area contributed by atoms with Gasteiger partial charge in [-0.1, -0.05) is 62.2 Å². The minimum Gasteiger partial charge on any atom is -0.376 e. The van der Waals surface area contributed by atoms with Crippen LogP contribution >= 0.6 is 0 Å². The Hall–Kier alpha value is -2.36. The molecule has 26 heavy (non-hydrogen) atoms. The molecule has 2 aromatic carbocycles. The number of benzene rings is 2. The van der Waals surface area contributed by atoms with Gasteiger partial charge in [-0.05, 0) is 42.5 Å². The smallest absolute Gasteiger partial charge is 0.265 e. The zero-order valence-electron chi connectivity index (χ0n) is 15.7. The molecule has 1 aliphatic carbocycles. The maximum absolute atomic E-state index is 11.6. The van der Waals surface area contributed by atoms with E-state index in [0.29, 0.717) is 12.1 Å². The molecule has 0 aliphatic heterocycles. The standard InChI is InChI=1S/C22H28N2O2/c1-3-4-9-18-12-8-15-21(24(25)26)22(18)23-16(2)19-14-7-11-17-10-5-6-13-20(17)19/h5-7,10-11,13-14,16,18,23H,3-4,8-9,12,15H2,1-2H3/t16-,18-/m0/s1. The summed E-state index contributed by atoms with van der Waals surface area (Å²) >= 11 is 0. The minimum absolute atomic E-state index is 0.0354. The van der Waals surface area contributed by atoms with Gasteiger partial charge in [-0.2, -0.15) is 0 Å². The predicted molar refractivity (Wildman–Crippen MR) is 106 cm³/mol. The van der Waals surface area contributed by atoms with Crippen molar-refractivity contribution in [3.8, 4) is 0 Å². The van der Waals surface area contributed by atoms with Gasteiger partial charge in [0.15, 0.2) is 0 Å². The van der Waals surface area contributed by atoms with Gasteiger partial charge in [0.05, 0.1) is 10.6 Å². The molecule has 3 rings (SSSR count). The Kier molecular flexibility index (Phi) is 5.92. The molecular formula is C22H28N2O2. The largest absolute Gasteiger partial charge is 0.376 e. The highest BCUT2D eigenvalue weighted by atomic mass is 16.6. The summed E-state index contributed by atoms with van der Waals surface area (Å²) in [5, 5.41) is 17.6. The fraction of sp³-hybridized carbons (Fsp3) is 0.455. The van der Waals surface area contributed by atoms with Gasteiger partial charge in [0.2, 0.25) is 0 Å². The number of hydrogen-bond acceptors (Lipinski definition) is 3. The Balaban J connectivity index is 1.93. The van der Waals surface area contributed by atoms with Crippen LogP contribution in [0.4, 0.5) is 0 Å². The lowest BCUT2D eigenvalue weighted by molar-refractivity contribution is -0.431. The molecule has 2 aromatic rings. The van der Waals surface area contributed by atoms with Crippen molar-refractivity contribution in [2.24, 2.45) is 5.92 Å². The van der Waals surface area contributed by atoms with Crippen molar-refractivity contribution in [1.29, 1.82) is 0 Å². The van der Waals surface area contributed by atoms with Gasteiger partial charge in [0, 0.05) is 18.4 Å². The number of allylic oxidation sites excluding steroid dienone is 2. The van der Waals surface area contributed by atoms with E-state index in [4.69, 9.17) is 0 Å². The third-order valence-corrected chi connectivity index (χ3v) is 5.47. The minimum atomic E-state index is -0.170. The van der Waals surface area contributed by atoms with E-state index < -0.39 is 0 Å². The lowest BCUT2D eigenvalue weighted by Crippen LogP contribution is -2.29. The summed E-state index contributed by atoms with van der Waals surface area (Å²) in [4.78, 5) is 11.5. The van der Waals surface area contributed by atoms with E-state index in [1.807, 2.05) is 12.1 Å². The highest BCUT2D eigenvalue weighted by molar-refractivity contribution is 5.86. The van der Waals surface area contributed by atoms with Crippen LogP contribution in [-0.4, -0.2) is 4.92 Å². The molecule has 1 N–H and O–H groups in total. The average Bonchev–Trinajstić information content (AvgIpc) is 2.66. The molecule has 0 fully saturated rings. The molecule has 138 valence electrons.